The zero-order valence-electron chi connectivity index (χ0n) is 13.0. The van der Waals surface area contributed by atoms with Crippen molar-refractivity contribution in [2.75, 3.05) is 11.9 Å². The van der Waals surface area contributed by atoms with Crippen LogP contribution in [0, 0.1) is 5.82 Å². The van der Waals surface area contributed by atoms with Gasteiger partial charge in [0.25, 0.3) is 0 Å². The van der Waals surface area contributed by atoms with Gasteiger partial charge in [0.2, 0.25) is 10.1 Å². The molecule has 0 unspecified atom stereocenters. The monoisotopic (exact) mass is 373 g/mol. The zero-order chi connectivity index (χ0) is 17.2. The van der Waals surface area contributed by atoms with Gasteiger partial charge in [-0.15, -0.1) is 5.10 Å². The summed E-state index contributed by atoms with van der Waals surface area (Å²) in [6.07, 6.45) is 4.30. The first kappa shape index (κ1) is 16.0. The van der Waals surface area contributed by atoms with Gasteiger partial charge in [-0.3, -0.25) is 4.98 Å². The maximum Gasteiger partial charge on any atom is 0.214 e. The van der Waals surface area contributed by atoms with E-state index in [4.69, 9.17) is 11.6 Å². The molecule has 0 saturated heterocycles. The van der Waals surface area contributed by atoms with Gasteiger partial charge in [0.1, 0.15) is 5.82 Å². The molecule has 1 N–H and O–H groups in total. The van der Waals surface area contributed by atoms with Crippen LogP contribution in [0.15, 0.2) is 48.8 Å². The van der Waals surface area contributed by atoms with E-state index < -0.39 is 5.82 Å². The summed E-state index contributed by atoms with van der Waals surface area (Å²) in [4.78, 5) is 9.42. The average molecular weight is 374 g/mol. The van der Waals surface area contributed by atoms with Crippen LogP contribution in [0.2, 0.25) is 5.02 Å². The molecule has 0 aliphatic heterocycles. The minimum Gasteiger partial charge on any atom is -0.360 e. The van der Waals surface area contributed by atoms with E-state index in [1.165, 1.54) is 17.4 Å². The van der Waals surface area contributed by atoms with E-state index >= 15 is 0 Å². The summed E-state index contributed by atoms with van der Waals surface area (Å²) in [5, 5.41) is 8.68. The summed E-state index contributed by atoms with van der Waals surface area (Å²) in [6.45, 7) is 0.728. The van der Waals surface area contributed by atoms with Gasteiger partial charge in [0.05, 0.1) is 16.9 Å². The predicted octanol–water partition coefficient (Wildman–Crippen LogP) is 4.30. The third-order valence-electron chi connectivity index (χ3n) is 3.68. The van der Waals surface area contributed by atoms with Crippen molar-refractivity contribution in [1.29, 1.82) is 0 Å². The second-order valence-corrected chi connectivity index (χ2v) is 6.73. The normalized spacial score (nSPS) is 11.1. The molecule has 4 rings (SSSR count). The number of nitrogens with one attached hydrogen (secondary N) is 1. The van der Waals surface area contributed by atoms with E-state index in [1.807, 2.05) is 18.2 Å². The maximum absolute atomic E-state index is 13.4. The van der Waals surface area contributed by atoms with Crippen molar-refractivity contribution >= 4 is 33.0 Å². The molecule has 0 spiro atoms. The third-order valence-corrected chi connectivity index (χ3v) is 4.85. The van der Waals surface area contributed by atoms with Gasteiger partial charge >= 0.3 is 0 Å². The van der Waals surface area contributed by atoms with Crippen molar-refractivity contribution in [1.82, 2.24) is 19.6 Å². The lowest BCUT2D eigenvalue weighted by Crippen LogP contribution is -2.06. The van der Waals surface area contributed by atoms with Crippen LogP contribution in [0.3, 0.4) is 0 Å². The molecular weight excluding hydrogens is 361 g/mol. The fourth-order valence-corrected chi connectivity index (χ4v) is 3.44. The van der Waals surface area contributed by atoms with E-state index in [2.05, 4.69) is 20.4 Å². The Bertz CT molecular complexity index is 1010. The second kappa shape index (κ2) is 6.78. The first-order chi connectivity index (χ1) is 12.2. The Hall–Kier alpha value is -2.51. The van der Waals surface area contributed by atoms with Crippen LogP contribution < -0.4 is 5.32 Å². The molecule has 0 atom stereocenters. The van der Waals surface area contributed by atoms with E-state index in [1.54, 1.807) is 29.0 Å². The zero-order valence-corrected chi connectivity index (χ0v) is 14.6. The standard InChI is InChI=1S/C17H13ClFN5S/c18-13-9-11(4-5-14(13)19)15-10-22-17-24(15)23-16(25-17)21-8-6-12-3-1-2-7-20-12/h1-5,7,9-10H,6,8H2,(H,21,23). The molecule has 0 fully saturated rings. The molecule has 0 bridgehead atoms. The molecule has 3 heterocycles. The number of fused-ring (bicyclic) bond motifs is 1. The smallest absolute Gasteiger partial charge is 0.214 e. The number of anilines is 1. The molecule has 8 heteroatoms. The predicted molar refractivity (Wildman–Crippen MR) is 97.7 cm³/mol. The summed E-state index contributed by atoms with van der Waals surface area (Å²) in [5.74, 6) is -0.443. The number of pyridine rings is 1. The first-order valence-electron chi connectivity index (χ1n) is 7.64. The second-order valence-electron chi connectivity index (χ2n) is 5.37. The van der Waals surface area contributed by atoms with Crippen LogP contribution in [-0.4, -0.2) is 26.1 Å². The minimum absolute atomic E-state index is 0.0800. The number of benzene rings is 1. The fraction of sp³-hybridized carbons (Fsp3) is 0.118. The summed E-state index contributed by atoms with van der Waals surface area (Å²) in [7, 11) is 0. The molecule has 0 amide bonds. The highest BCUT2D eigenvalue weighted by molar-refractivity contribution is 7.20. The first-order valence-corrected chi connectivity index (χ1v) is 8.84. The Balaban J connectivity index is 1.53. The topological polar surface area (TPSA) is 55.1 Å². The van der Waals surface area contributed by atoms with Crippen LogP contribution in [0.1, 0.15) is 5.69 Å². The van der Waals surface area contributed by atoms with Gasteiger partial charge in [-0.05, 0) is 30.3 Å². The van der Waals surface area contributed by atoms with Crippen LogP contribution in [0.4, 0.5) is 9.52 Å². The van der Waals surface area contributed by atoms with Gasteiger partial charge < -0.3 is 5.32 Å². The number of rotatable bonds is 5. The number of nitrogens with zero attached hydrogens (tertiary/aromatic N) is 4. The molecule has 0 aliphatic carbocycles. The number of halogens is 2. The van der Waals surface area contributed by atoms with E-state index in [0.717, 1.165) is 40.0 Å². The minimum atomic E-state index is -0.443. The summed E-state index contributed by atoms with van der Waals surface area (Å²) >= 11 is 7.33. The third kappa shape index (κ3) is 3.33. The van der Waals surface area contributed by atoms with Gasteiger partial charge in [0.15, 0.2) is 0 Å². The Morgan fingerprint density at radius 1 is 1.20 bits per heavy atom. The quantitative estimate of drug-likeness (QED) is 0.566. The highest BCUT2D eigenvalue weighted by Gasteiger charge is 2.12. The van der Waals surface area contributed by atoms with Crippen molar-refractivity contribution < 1.29 is 4.39 Å². The van der Waals surface area contributed by atoms with Crippen molar-refractivity contribution in [3.05, 3.63) is 65.3 Å². The van der Waals surface area contributed by atoms with Gasteiger partial charge in [-0.2, -0.15) is 0 Å². The van der Waals surface area contributed by atoms with Crippen molar-refractivity contribution in [2.24, 2.45) is 0 Å². The molecule has 5 nitrogen and oxygen atoms in total. The van der Waals surface area contributed by atoms with Crippen LogP contribution in [0.5, 0.6) is 0 Å². The Morgan fingerprint density at radius 3 is 2.92 bits per heavy atom. The Labute approximate surface area is 152 Å². The molecule has 4 aromatic rings. The molecule has 0 radical (unpaired) electrons. The summed E-state index contributed by atoms with van der Waals surface area (Å²) in [5.41, 5.74) is 2.56. The molecule has 0 aliphatic rings. The Kier molecular flexibility index (Phi) is 4.33. The fourth-order valence-electron chi connectivity index (χ4n) is 2.46. The molecule has 126 valence electrons. The lowest BCUT2D eigenvalue weighted by Gasteiger charge is -2.02. The number of hydrogen-bond donors (Lipinski definition) is 1. The van der Waals surface area contributed by atoms with Crippen molar-refractivity contribution in [2.45, 2.75) is 6.42 Å². The highest BCUT2D eigenvalue weighted by Crippen LogP contribution is 2.28. The SMILES string of the molecule is Fc1ccc(-c2cnc3sc(NCCc4ccccn4)nn23)cc1Cl. The van der Waals surface area contributed by atoms with E-state index in [-0.39, 0.29) is 5.02 Å². The lowest BCUT2D eigenvalue weighted by atomic mass is 10.2. The van der Waals surface area contributed by atoms with Gasteiger partial charge in [-0.1, -0.05) is 29.0 Å². The summed E-state index contributed by atoms with van der Waals surface area (Å²) < 4.78 is 15.1. The average Bonchev–Trinajstić information content (AvgIpc) is 3.19. The Morgan fingerprint density at radius 2 is 2.12 bits per heavy atom. The van der Waals surface area contributed by atoms with Gasteiger partial charge in [-0.25, -0.2) is 13.9 Å². The van der Waals surface area contributed by atoms with E-state index in [0.29, 0.717) is 0 Å². The van der Waals surface area contributed by atoms with E-state index in [9.17, 15) is 4.39 Å². The highest BCUT2D eigenvalue weighted by atomic mass is 35.5. The van der Waals surface area contributed by atoms with Crippen molar-refractivity contribution in [3.63, 3.8) is 0 Å². The molecular formula is C17H13ClFN5S. The van der Waals surface area contributed by atoms with Crippen LogP contribution in [0.25, 0.3) is 16.2 Å². The molecule has 3 aromatic heterocycles. The molecule has 0 saturated carbocycles. The maximum atomic E-state index is 13.4. The van der Waals surface area contributed by atoms with Crippen LogP contribution in [-0.2, 0) is 6.42 Å². The summed E-state index contributed by atoms with van der Waals surface area (Å²) in [6, 6.07) is 10.4. The molecule has 25 heavy (non-hydrogen) atoms. The van der Waals surface area contributed by atoms with Crippen LogP contribution >= 0.6 is 22.9 Å². The number of hydrogen-bond acceptors (Lipinski definition) is 5. The number of aromatic nitrogens is 4. The molecule has 1 aromatic carbocycles. The van der Waals surface area contributed by atoms with Crippen molar-refractivity contribution in [3.8, 4) is 11.3 Å². The van der Waals surface area contributed by atoms with Gasteiger partial charge in [0, 0.05) is 30.4 Å². The lowest BCUT2D eigenvalue weighted by molar-refractivity contribution is 0.628. The number of imidazole rings is 1. The largest absolute Gasteiger partial charge is 0.360 e.